The molecule has 2 rings (SSSR count). The van der Waals surface area contributed by atoms with Gasteiger partial charge in [-0.25, -0.2) is 4.99 Å². The Balaban J connectivity index is 2.49. The molecule has 1 saturated carbocycles. The molecule has 1 heterocycles. The molecule has 2 atom stereocenters. The van der Waals surface area contributed by atoms with Gasteiger partial charge in [-0.15, -0.1) is 0 Å². The summed E-state index contributed by atoms with van der Waals surface area (Å²) in [6.07, 6.45) is 4.46. The van der Waals surface area contributed by atoms with E-state index in [-0.39, 0.29) is 11.2 Å². The summed E-state index contributed by atoms with van der Waals surface area (Å²) in [6, 6.07) is 4.07. The summed E-state index contributed by atoms with van der Waals surface area (Å²) in [5, 5.41) is 21.4. The third kappa shape index (κ3) is 1.91. The van der Waals surface area contributed by atoms with Crippen LogP contribution in [0.3, 0.4) is 0 Å². The number of hydrogen-bond donors (Lipinski definition) is 1. The van der Waals surface area contributed by atoms with Crippen LogP contribution in [-0.2, 0) is 0 Å². The quantitative estimate of drug-likeness (QED) is 0.691. The van der Waals surface area contributed by atoms with Gasteiger partial charge in [0, 0.05) is 17.2 Å². The van der Waals surface area contributed by atoms with Crippen LogP contribution in [0.15, 0.2) is 16.4 Å². The van der Waals surface area contributed by atoms with Gasteiger partial charge in [0.15, 0.2) is 11.4 Å². The highest BCUT2D eigenvalue weighted by Gasteiger charge is 2.40. The van der Waals surface area contributed by atoms with E-state index in [2.05, 4.69) is 23.3 Å². The van der Waals surface area contributed by atoms with Crippen LogP contribution < -0.4 is 5.32 Å². The largest absolute Gasteiger partial charge is 0.368 e. The second kappa shape index (κ2) is 4.22. The van der Waals surface area contributed by atoms with E-state index in [0.29, 0.717) is 11.6 Å². The minimum atomic E-state index is -0.129. The summed E-state index contributed by atoms with van der Waals surface area (Å²) in [5.41, 5.74) is 1.39. The molecule has 0 bridgehead atoms. The molecule has 0 aromatic heterocycles. The Kier molecular flexibility index (Phi) is 2.90. The smallest absolute Gasteiger partial charge is 0.174 e. The predicted octanol–water partition coefficient (Wildman–Crippen LogP) is 2.26. The van der Waals surface area contributed by atoms with Crippen molar-refractivity contribution in [2.45, 2.75) is 45.1 Å². The average molecular weight is 228 g/mol. The highest BCUT2D eigenvalue weighted by molar-refractivity contribution is 5.87. The summed E-state index contributed by atoms with van der Waals surface area (Å²) >= 11 is 0. The van der Waals surface area contributed by atoms with E-state index in [1.165, 1.54) is 6.42 Å². The zero-order valence-corrected chi connectivity index (χ0v) is 10.2. The standard InChI is InChI=1S/C13H16N4/c1-9-10-5-3-4-6-13(10,2)17-12(8-15)11(7-14)16-9/h10,17H,3-6H2,1-2H3. The number of nitriles is 2. The molecule has 0 aromatic rings. The molecule has 4 nitrogen and oxygen atoms in total. The molecular formula is C13H16N4. The number of aliphatic imine (C=N–C) groups is 1. The Labute approximate surface area is 102 Å². The number of allylic oxidation sites excluding steroid dienone is 2. The maximum Gasteiger partial charge on any atom is 0.174 e. The van der Waals surface area contributed by atoms with E-state index < -0.39 is 0 Å². The Morgan fingerprint density at radius 1 is 1.35 bits per heavy atom. The SMILES string of the molecule is CC1=NC(C#N)=C(C#N)NC2(C)CCCCC12. The minimum Gasteiger partial charge on any atom is -0.368 e. The molecule has 88 valence electrons. The maximum absolute atomic E-state index is 9.12. The maximum atomic E-state index is 9.12. The average Bonchev–Trinajstić information content (AvgIpc) is 2.43. The zero-order valence-electron chi connectivity index (χ0n) is 10.2. The molecule has 1 N–H and O–H groups in total. The first-order valence-electron chi connectivity index (χ1n) is 5.98. The van der Waals surface area contributed by atoms with Crippen molar-refractivity contribution >= 4 is 5.71 Å². The first kappa shape index (κ1) is 11.7. The van der Waals surface area contributed by atoms with Crippen LogP contribution in [0.4, 0.5) is 0 Å². The van der Waals surface area contributed by atoms with Crippen LogP contribution in [0.5, 0.6) is 0 Å². The lowest BCUT2D eigenvalue weighted by atomic mass is 9.72. The monoisotopic (exact) mass is 228 g/mol. The van der Waals surface area contributed by atoms with Crippen LogP contribution in [0.1, 0.15) is 39.5 Å². The van der Waals surface area contributed by atoms with E-state index in [4.69, 9.17) is 10.5 Å². The summed E-state index contributed by atoms with van der Waals surface area (Å²) in [7, 11) is 0. The van der Waals surface area contributed by atoms with Crippen molar-refractivity contribution in [1.82, 2.24) is 5.32 Å². The fourth-order valence-corrected chi connectivity index (χ4v) is 2.97. The van der Waals surface area contributed by atoms with Crippen LogP contribution in [0, 0.1) is 28.6 Å². The van der Waals surface area contributed by atoms with Crippen molar-refractivity contribution in [2.75, 3.05) is 0 Å². The van der Waals surface area contributed by atoms with Gasteiger partial charge in [-0.2, -0.15) is 10.5 Å². The third-order valence-corrected chi connectivity index (χ3v) is 3.87. The summed E-state index contributed by atoms with van der Waals surface area (Å²) < 4.78 is 0. The third-order valence-electron chi connectivity index (χ3n) is 3.87. The lowest BCUT2D eigenvalue weighted by Gasteiger charge is -2.41. The van der Waals surface area contributed by atoms with Gasteiger partial charge < -0.3 is 5.32 Å². The summed E-state index contributed by atoms with van der Waals surface area (Å²) in [6.45, 7) is 4.10. The van der Waals surface area contributed by atoms with Crippen LogP contribution in [0.25, 0.3) is 0 Å². The number of nitrogens with zero attached hydrogens (tertiary/aromatic N) is 3. The topological polar surface area (TPSA) is 72.0 Å². The molecule has 17 heavy (non-hydrogen) atoms. The summed E-state index contributed by atoms with van der Waals surface area (Å²) in [4.78, 5) is 4.33. The fourth-order valence-electron chi connectivity index (χ4n) is 2.97. The second-order valence-corrected chi connectivity index (χ2v) is 5.04. The van der Waals surface area contributed by atoms with Gasteiger partial charge >= 0.3 is 0 Å². The first-order chi connectivity index (χ1) is 8.10. The normalized spacial score (nSPS) is 32.5. The van der Waals surface area contributed by atoms with E-state index in [1.807, 2.05) is 13.0 Å². The van der Waals surface area contributed by atoms with Gasteiger partial charge in [-0.1, -0.05) is 12.8 Å². The van der Waals surface area contributed by atoms with Crippen LogP contribution in [0.2, 0.25) is 0 Å². The Bertz CT molecular complexity index is 475. The Hall–Kier alpha value is -1.81. The molecule has 2 aliphatic rings. The lowest BCUT2D eigenvalue weighted by molar-refractivity contribution is 0.229. The van der Waals surface area contributed by atoms with Gasteiger partial charge in [-0.3, -0.25) is 0 Å². The van der Waals surface area contributed by atoms with Crippen molar-refractivity contribution in [3.05, 3.63) is 11.4 Å². The van der Waals surface area contributed by atoms with Gasteiger partial charge in [0.05, 0.1) is 0 Å². The van der Waals surface area contributed by atoms with Gasteiger partial charge in [0.2, 0.25) is 0 Å². The van der Waals surface area contributed by atoms with Gasteiger partial charge in [-0.05, 0) is 26.7 Å². The van der Waals surface area contributed by atoms with Crippen LogP contribution in [-0.4, -0.2) is 11.3 Å². The highest BCUT2D eigenvalue weighted by atomic mass is 15.0. The number of rotatable bonds is 0. The molecule has 1 aliphatic carbocycles. The summed E-state index contributed by atoms with van der Waals surface area (Å²) in [5.74, 6) is 0.324. The molecule has 0 amide bonds. The molecular weight excluding hydrogens is 212 g/mol. The number of fused-ring (bicyclic) bond motifs is 1. The van der Waals surface area contributed by atoms with Gasteiger partial charge in [0.25, 0.3) is 0 Å². The van der Waals surface area contributed by atoms with Crippen molar-refractivity contribution in [3.8, 4) is 12.1 Å². The van der Waals surface area contributed by atoms with Gasteiger partial charge in [0.1, 0.15) is 12.1 Å². The zero-order chi connectivity index (χ0) is 12.5. The highest BCUT2D eigenvalue weighted by Crippen LogP contribution is 2.37. The molecule has 4 heteroatoms. The Morgan fingerprint density at radius 3 is 2.76 bits per heavy atom. The van der Waals surface area contributed by atoms with Crippen LogP contribution >= 0.6 is 0 Å². The molecule has 0 aromatic carbocycles. The number of hydrogen-bond acceptors (Lipinski definition) is 4. The Morgan fingerprint density at radius 2 is 2.12 bits per heavy atom. The predicted molar refractivity (Wildman–Crippen MR) is 64.9 cm³/mol. The molecule has 0 saturated heterocycles. The molecule has 1 fully saturated rings. The van der Waals surface area contributed by atoms with Crippen molar-refractivity contribution in [3.63, 3.8) is 0 Å². The van der Waals surface area contributed by atoms with Crippen molar-refractivity contribution in [1.29, 1.82) is 10.5 Å². The number of nitrogens with one attached hydrogen (secondary N) is 1. The van der Waals surface area contributed by atoms with E-state index >= 15 is 0 Å². The van der Waals surface area contributed by atoms with Crippen molar-refractivity contribution in [2.24, 2.45) is 10.9 Å². The molecule has 0 spiro atoms. The minimum absolute atomic E-state index is 0.129. The van der Waals surface area contributed by atoms with E-state index in [9.17, 15) is 0 Å². The fraction of sp³-hybridized carbons (Fsp3) is 0.615. The van der Waals surface area contributed by atoms with Crippen molar-refractivity contribution < 1.29 is 0 Å². The van der Waals surface area contributed by atoms with E-state index in [0.717, 1.165) is 25.0 Å². The molecule has 1 aliphatic heterocycles. The first-order valence-corrected chi connectivity index (χ1v) is 5.98. The lowest BCUT2D eigenvalue weighted by Crippen LogP contribution is -2.51. The molecule has 2 unspecified atom stereocenters. The molecule has 0 radical (unpaired) electrons. The second-order valence-electron chi connectivity index (χ2n) is 5.04. The van der Waals surface area contributed by atoms with E-state index in [1.54, 1.807) is 0 Å².